The van der Waals surface area contributed by atoms with E-state index in [0.717, 1.165) is 0 Å². The first-order valence-electron chi connectivity index (χ1n) is 4.63. The number of nitro groups is 1. The molecule has 0 N–H and O–H groups in total. The maximum Gasteiger partial charge on any atom is 0.288 e. The van der Waals surface area contributed by atoms with Gasteiger partial charge in [-0.25, -0.2) is 0 Å². The van der Waals surface area contributed by atoms with Crippen LogP contribution in [-0.4, -0.2) is 17.3 Å². The predicted octanol–water partition coefficient (Wildman–Crippen LogP) is 2.61. The minimum atomic E-state index is -0.580. The minimum absolute atomic E-state index is 0.00792. The number of ether oxygens (including phenoxy) is 1. The summed E-state index contributed by atoms with van der Waals surface area (Å²) in [6.07, 6.45) is 0.390. The van der Waals surface area contributed by atoms with Crippen LogP contribution >= 0.6 is 11.6 Å². The molecule has 0 amide bonds. The second kappa shape index (κ2) is 5.46. The average Bonchev–Trinajstić information content (AvgIpc) is 2.25. The van der Waals surface area contributed by atoms with Gasteiger partial charge in [0.1, 0.15) is 17.4 Å². The molecular formula is C10H10ClNO4. The summed E-state index contributed by atoms with van der Waals surface area (Å²) < 4.78 is 5.12. The molecule has 0 aliphatic carbocycles. The lowest BCUT2D eigenvalue weighted by Crippen LogP contribution is -2.09. The fourth-order valence-corrected chi connectivity index (χ4v) is 1.23. The summed E-state index contributed by atoms with van der Waals surface area (Å²) in [6, 6.07) is 3.98. The Balaban J connectivity index is 2.74. The second-order valence-electron chi connectivity index (χ2n) is 3.05. The van der Waals surface area contributed by atoms with Crippen LogP contribution in [0.1, 0.15) is 13.3 Å². The largest absolute Gasteiger partial charge is 0.486 e. The van der Waals surface area contributed by atoms with Crippen molar-refractivity contribution in [3.05, 3.63) is 33.3 Å². The molecule has 0 saturated heterocycles. The number of ketones is 1. The molecule has 0 atom stereocenters. The van der Waals surface area contributed by atoms with Crippen molar-refractivity contribution in [3.8, 4) is 5.75 Å². The molecule has 16 heavy (non-hydrogen) atoms. The minimum Gasteiger partial charge on any atom is -0.486 e. The molecule has 6 heteroatoms. The summed E-state index contributed by atoms with van der Waals surface area (Å²) >= 11 is 5.67. The summed E-state index contributed by atoms with van der Waals surface area (Å²) in [7, 11) is 0. The summed E-state index contributed by atoms with van der Waals surface area (Å²) in [5.74, 6) is 0.298. The standard InChI is InChI=1S/C10H10ClNO4/c1-2-7(13)6-16-8-3-4-10(12(14)15)9(11)5-8/h3-5H,2,6H2,1H3. The molecule has 0 bridgehead atoms. The Morgan fingerprint density at radius 1 is 1.56 bits per heavy atom. The maximum atomic E-state index is 11.0. The molecule has 0 radical (unpaired) electrons. The van der Waals surface area contributed by atoms with Crippen LogP contribution in [0, 0.1) is 10.1 Å². The monoisotopic (exact) mass is 243 g/mol. The van der Waals surface area contributed by atoms with Gasteiger partial charge in [0.25, 0.3) is 5.69 Å². The van der Waals surface area contributed by atoms with Crippen LogP contribution in [0.25, 0.3) is 0 Å². The summed E-state index contributed by atoms with van der Waals surface area (Å²) in [5, 5.41) is 10.5. The normalized spacial score (nSPS) is 9.88. The maximum absolute atomic E-state index is 11.0. The van der Waals surface area contributed by atoms with Crippen LogP contribution in [0.4, 0.5) is 5.69 Å². The number of hydrogen-bond donors (Lipinski definition) is 0. The first kappa shape index (κ1) is 12.4. The highest BCUT2D eigenvalue weighted by molar-refractivity contribution is 6.32. The Labute approximate surface area is 97.1 Å². The zero-order valence-corrected chi connectivity index (χ0v) is 9.36. The smallest absolute Gasteiger partial charge is 0.288 e. The number of rotatable bonds is 5. The molecule has 0 aliphatic rings. The summed E-state index contributed by atoms with van der Waals surface area (Å²) in [5.41, 5.74) is -0.184. The molecule has 0 saturated carbocycles. The third kappa shape index (κ3) is 3.20. The van der Waals surface area contributed by atoms with Gasteiger partial charge in [0.05, 0.1) is 4.92 Å². The van der Waals surface area contributed by atoms with Gasteiger partial charge in [-0.1, -0.05) is 18.5 Å². The number of halogens is 1. The van der Waals surface area contributed by atoms with Gasteiger partial charge in [-0.3, -0.25) is 14.9 Å². The van der Waals surface area contributed by atoms with Crippen molar-refractivity contribution in [3.63, 3.8) is 0 Å². The molecule has 86 valence electrons. The highest BCUT2D eigenvalue weighted by Crippen LogP contribution is 2.28. The number of nitrogens with zero attached hydrogens (tertiary/aromatic N) is 1. The number of benzene rings is 1. The van der Waals surface area contributed by atoms with Crippen LogP contribution in [0.2, 0.25) is 5.02 Å². The highest BCUT2D eigenvalue weighted by Gasteiger charge is 2.12. The lowest BCUT2D eigenvalue weighted by molar-refractivity contribution is -0.384. The third-order valence-corrected chi connectivity index (χ3v) is 2.21. The van der Waals surface area contributed by atoms with Crippen molar-refractivity contribution in [2.24, 2.45) is 0 Å². The Kier molecular flexibility index (Phi) is 4.25. The first-order chi connectivity index (χ1) is 7.54. The van der Waals surface area contributed by atoms with Gasteiger partial charge in [0.2, 0.25) is 0 Å². The van der Waals surface area contributed by atoms with Crippen LogP contribution in [0.3, 0.4) is 0 Å². The van der Waals surface area contributed by atoms with E-state index < -0.39 is 4.92 Å². The Morgan fingerprint density at radius 2 is 2.25 bits per heavy atom. The van der Waals surface area contributed by atoms with Gasteiger partial charge in [0.15, 0.2) is 5.78 Å². The quantitative estimate of drug-likeness (QED) is 0.589. The molecule has 0 spiro atoms. The van der Waals surface area contributed by atoms with E-state index in [0.29, 0.717) is 12.2 Å². The van der Waals surface area contributed by atoms with E-state index in [1.807, 2.05) is 0 Å². The van der Waals surface area contributed by atoms with Crippen molar-refractivity contribution < 1.29 is 14.5 Å². The van der Waals surface area contributed by atoms with E-state index in [4.69, 9.17) is 16.3 Å². The highest BCUT2D eigenvalue weighted by atomic mass is 35.5. The first-order valence-corrected chi connectivity index (χ1v) is 5.00. The summed E-state index contributed by atoms with van der Waals surface area (Å²) in [4.78, 5) is 20.9. The Bertz CT molecular complexity index is 419. The van der Waals surface area contributed by atoms with Crippen molar-refractivity contribution in [1.82, 2.24) is 0 Å². The molecule has 0 fully saturated rings. The van der Waals surface area contributed by atoms with Gasteiger partial charge in [-0.15, -0.1) is 0 Å². The van der Waals surface area contributed by atoms with Crippen LogP contribution in [0.5, 0.6) is 5.75 Å². The summed E-state index contributed by atoms with van der Waals surface area (Å²) in [6.45, 7) is 1.68. The molecule has 1 aromatic carbocycles. The Morgan fingerprint density at radius 3 is 2.75 bits per heavy atom. The molecule has 5 nitrogen and oxygen atoms in total. The number of nitro benzene ring substituents is 1. The van der Waals surface area contributed by atoms with Crippen molar-refractivity contribution in [2.45, 2.75) is 13.3 Å². The van der Waals surface area contributed by atoms with Gasteiger partial charge < -0.3 is 4.74 Å². The fourth-order valence-electron chi connectivity index (χ4n) is 0.991. The molecule has 0 aromatic heterocycles. The number of carbonyl (C=O) groups excluding carboxylic acids is 1. The van der Waals surface area contributed by atoms with E-state index in [1.54, 1.807) is 6.92 Å². The third-order valence-electron chi connectivity index (χ3n) is 1.91. The topological polar surface area (TPSA) is 69.4 Å². The van der Waals surface area contributed by atoms with Crippen LogP contribution < -0.4 is 4.74 Å². The fraction of sp³-hybridized carbons (Fsp3) is 0.300. The number of hydrogen-bond acceptors (Lipinski definition) is 4. The van der Waals surface area contributed by atoms with Crippen molar-refractivity contribution in [2.75, 3.05) is 6.61 Å². The Hall–Kier alpha value is -1.62. The second-order valence-corrected chi connectivity index (χ2v) is 3.46. The molecule has 1 rings (SSSR count). The van der Waals surface area contributed by atoms with Gasteiger partial charge in [0, 0.05) is 18.6 Å². The van der Waals surface area contributed by atoms with E-state index in [2.05, 4.69) is 0 Å². The SMILES string of the molecule is CCC(=O)COc1ccc([N+](=O)[O-])c(Cl)c1. The van der Waals surface area contributed by atoms with E-state index in [1.165, 1.54) is 18.2 Å². The number of Topliss-reactive ketones (excluding diaryl/α,β-unsaturated/α-hetero) is 1. The lowest BCUT2D eigenvalue weighted by atomic mass is 10.3. The van der Waals surface area contributed by atoms with Crippen LogP contribution in [0.15, 0.2) is 18.2 Å². The zero-order valence-electron chi connectivity index (χ0n) is 8.60. The van der Waals surface area contributed by atoms with E-state index in [-0.39, 0.29) is 23.1 Å². The van der Waals surface area contributed by atoms with Gasteiger partial charge in [-0.2, -0.15) is 0 Å². The molecule has 0 heterocycles. The number of carbonyl (C=O) groups is 1. The average molecular weight is 244 g/mol. The predicted molar refractivity (Wildman–Crippen MR) is 58.9 cm³/mol. The van der Waals surface area contributed by atoms with Crippen molar-refractivity contribution >= 4 is 23.1 Å². The van der Waals surface area contributed by atoms with Gasteiger partial charge >= 0.3 is 0 Å². The molecule has 0 aliphatic heterocycles. The lowest BCUT2D eigenvalue weighted by Gasteiger charge is -2.04. The molecule has 0 unspecified atom stereocenters. The van der Waals surface area contributed by atoms with E-state index >= 15 is 0 Å². The van der Waals surface area contributed by atoms with Crippen LogP contribution in [-0.2, 0) is 4.79 Å². The van der Waals surface area contributed by atoms with Crippen molar-refractivity contribution in [1.29, 1.82) is 0 Å². The van der Waals surface area contributed by atoms with Gasteiger partial charge in [-0.05, 0) is 6.07 Å². The molecule has 1 aromatic rings. The zero-order chi connectivity index (χ0) is 12.1. The van der Waals surface area contributed by atoms with E-state index in [9.17, 15) is 14.9 Å². The molecular weight excluding hydrogens is 234 g/mol.